The summed E-state index contributed by atoms with van der Waals surface area (Å²) in [4.78, 5) is 0. The second-order valence-corrected chi connectivity index (χ2v) is 4.83. The van der Waals surface area contributed by atoms with E-state index < -0.39 is 11.6 Å². The number of rotatable bonds is 4. The van der Waals surface area contributed by atoms with Crippen LogP contribution in [0.4, 0.5) is 13.2 Å². The minimum atomic E-state index is -0.593. The third-order valence-corrected chi connectivity index (χ3v) is 3.30. The fourth-order valence-electron chi connectivity index (χ4n) is 2.17. The van der Waals surface area contributed by atoms with Crippen molar-refractivity contribution in [2.24, 2.45) is 0 Å². The molecule has 0 spiro atoms. The summed E-state index contributed by atoms with van der Waals surface area (Å²) in [6.07, 6.45) is 0. The van der Waals surface area contributed by atoms with Gasteiger partial charge in [0.25, 0.3) is 0 Å². The zero-order chi connectivity index (χ0) is 14.7. The summed E-state index contributed by atoms with van der Waals surface area (Å²) >= 11 is 0. The highest BCUT2D eigenvalue weighted by Crippen LogP contribution is 2.22. The van der Waals surface area contributed by atoms with Crippen molar-refractivity contribution in [3.05, 3.63) is 71.0 Å². The van der Waals surface area contributed by atoms with E-state index in [0.29, 0.717) is 5.56 Å². The summed E-state index contributed by atoms with van der Waals surface area (Å²) in [6, 6.07) is 9.31. The molecule has 20 heavy (non-hydrogen) atoms. The third kappa shape index (κ3) is 3.39. The van der Waals surface area contributed by atoms with Crippen molar-refractivity contribution in [1.29, 1.82) is 0 Å². The van der Waals surface area contributed by atoms with Gasteiger partial charge in [0.15, 0.2) is 0 Å². The SMILES string of the molecule is CC(N[C@@H](C)c1ccc(F)cc1)c1ccc(F)cc1F. The molecule has 1 nitrogen and oxygen atoms in total. The Morgan fingerprint density at radius 2 is 1.40 bits per heavy atom. The summed E-state index contributed by atoms with van der Waals surface area (Å²) in [5, 5.41) is 3.21. The first-order chi connectivity index (χ1) is 9.47. The highest BCUT2D eigenvalue weighted by Gasteiger charge is 2.15. The van der Waals surface area contributed by atoms with Crippen LogP contribution in [-0.2, 0) is 0 Å². The number of nitrogens with one attached hydrogen (secondary N) is 1. The molecule has 0 aliphatic heterocycles. The van der Waals surface area contributed by atoms with Gasteiger partial charge >= 0.3 is 0 Å². The fraction of sp³-hybridized carbons (Fsp3) is 0.250. The molecule has 0 aromatic heterocycles. The molecule has 0 fully saturated rings. The largest absolute Gasteiger partial charge is 0.304 e. The lowest BCUT2D eigenvalue weighted by atomic mass is 10.0. The molecule has 0 heterocycles. The van der Waals surface area contributed by atoms with Gasteiger partial charge in [-0.1, -0.05) is 18.2 Å². The summed E-state index contributed by atoms with van der Waals surface area (Å²) < 4.78 is 39.4. The molecule has 1 unspecified atom stereocenters. The minimum absolute atomic E-state index is 0.0740. The predicted octanol–water partition coefficient (Wildman–Crippen LogP) is 4.52. The van der Waals surface area contributed by atoms with Gasteiger partial charge in [-0.15, -0.1) is 0 Å². The van der Waals surface area contributed by atoms with Crippen molar-refractivity contribution < 1.29 is 13.2 Å². The van der Waals surface area contributed by atoms with Crippen LogP contribution >= 0.6 is 0 Å². The van der Waals surface area contributed by atoms with Crippen molar-refractivity contribution in [3.8, 4) is 0 Å². The quantitative estimate of drug-likeness (QED) is 0.868. The smallest absolute Gasteiger partial charge is 0.130 e. The van der Waals surface area contributed by atoms with Crippen LogP contribution in [0.25, 0.3) is 0 Å². The van der Waals surface area contributed by atoms with E-state index in [0.717, 1.165) is 11.6 Å². The first-order valence-electron chi connectivity index (χ1n) is 6.44. The normalized spacial score (nSPS) is 14.1. The van der Waals surface area contributed by atoms with Crippen molar-refractivity contribution in [1.82, 2.24) is 5.32 Å². The van der Waals surface area contributed by atoms with Crippen LogP contribution in [0.15, 0.2) is 42.5 Å². The van der Waals surface area contributed by atoms with Crippen LogP contribution in [0, 0.1) is 17.5 Å². The molecule has 0 aliphatic rings. The summed E-state index contributed by atoms with van der Waals surface area (Å²) in [7, 11) is 0. The van der Waals surface area contributed by atoms with Crippen LogP contribution in [-0.4, -0.2) is 0 Å². The standard InChI is InChI=1S/C16H16F3N/c1-10(12-3-5-13(17)6-4-12)20-11(2)15-8-7-14(18)9-16(15)19/h3-11,20H,1-2H3/t10-,11?/m0/s1. The Kier molecular flexibility index (Phi) is 4.45. The molecule has 2 atom stereocenters. The van der Waals surface area contributed by atoms with E-state index in [1.54, 1.807) is 19.1 Å². The first-order valence-corrected chi connectivity index (χ1v) is 6.44. The molecule has 2 aromatic rings. The van der Waals surface area contributed by atoms with Crippen LogP contribution in [0.5, 0.6) is 0 Å². The van der Waals surface area contributed by atoms with Crippen LogP contribution < -0.4 is 5.32 Å². The van der Waals surface area contributed by atoms with E-state index in [1.807, 2.05) is 6.92 Å². The van der Waals surface area contributed by atoms with E-state index in [4.69, 9.17) is 0 Å². The summed E-state index contributed by atoms with van der Waals surface area (Å²) in [6.45, 7) is 3.71. The lowest BCUT2D eigenvalue weighted by Gasteiger charge is -2.21. The Morgan fingerprint density at radius 3 is 2.00 bits per heavy atom. The molecule has 2 aromatic carbocycles. The molecule has 1 N–H and O–H groups in total. The van der Waals surface area contributed by atoms with Crippen molar-refractivity contribution in [2.75, 3.05) is 0 Å². The zero-order valence-corrected chi connectivity index (χ0v) is 11.3. The second-order valence-electron chi connectivity index (χ2n) is 4.83. The van der Waals surface area contributed by atoms with Gasteiger partial charge in [-0.2, -0.15) is 0 Å². The van der Waals surface area contributed by atoms with E-state index in [-0.39, 0.29) is 17.9 Å². The van der Waals surface area contributed by atoms with Gasteiger partial charge in [0.05, 0.1) is 0 Å². The molecule has 2 rings (SSSR count). The number of benzene rings is 2. The molecule has 0 aliphatic carbocycles. The molecule has 0 saturated carbocycles. The van der Waals surface area contributed by atoms with E-state index in [9.17, 15) is 13.2 Å². The maximum Gasteiger partial charge on any atom is 0.130 e. The van der Waals surface area contributed by atoms with Gasteiger partial charge in [0.1, 0.15) is 17.5 Å². The van der Waals surface area contributed by atoms with E-state index in [1.165, 1.54) is 24.3 Å². The molecule has 0 amide bonds. The van der Waals surface area contributed by atoms with Crippen LogP contribution in [0.1, 0.15) is 37.1 Å². The van der Waals surface area contributed by atoms with Gasteiger partial charge in [0.2, 0.25) is 0 Å². The van der Waals surface area contributed by atoms with Gasteiger partial charge in [-0.3, -0.25) is 0 Å². The van der Waals surface area contributed by atoms with Crippen LogP contribution in [0.3, 0.4) is 0 Å². The first kappa shape index (κ1) is 14.6. The van der Waals surface area contributed by atoms with Gasteiger partial charge in [0, 0.05) is 23.7 Å². The molecule has 0 bridgehead atoms. The Labute approximate surface area is 116 Å². The molecular formula is C16H16F3N. The average Bonchev–Trinajstić information content (AvgIpc) is 2.39. The van der Waals surface area contributed by atoms with Gasteiger partial charge < -0.3 is 5.32 Å². The predicted molar refractivity (Wildman–Crippen MR) is 72.7 cm³/mol. The molecular weight excluding hydrogens is 263 g/mol. The Morgan fingerprint density at radius 1 is 0.800 bits per heavy atom. The lowest BCUT2D eigenvalue weighted by Crippen LogP contribution is -2.23. The van der Waals surface area contributed by atoms with Gasteiger partial charge in [-0.25, -0.2) is 13.2 Å². The third-order valence-electron chi connectivity index (χ3n) is 3.30. The topological polar surface area (TPSA) is 12.0 Å². The molecule has 0 saturated heterocycles. The maximum atomic E-state index is 13.7. The number of hydrogen-bond acceptors (Lipinski definition) is 1. The monoisotopic (exact) mass is 279 g/mol. The highest BCUT2D eigenvalue weighted by molar-refractivity contribution is 5.24. The molecule has 106 valence electrons. The molecule has 0 radical (unpaired) electrons. The van der Waals surface area contributed by atoms with Gasteiger partial charge in [-0.05, 0) is 37.6 Å². The number of hydrogen-bond donors (Lipinski definition) is 1. The van der Waals surface area contributed by atoms with Crippen molar-refractivity contribution >= 4 is 0 Å². The van der Waals surface area contributed by atoms with E-state index in [2.05, 4.69) is 5.32 Å². The lowest BCUT2D eigenvalue weighted by molar-refractivity contribution is 0.470. The Hall–Kier alpha value is -1.81. The van der Waals surface area contributed by atoms with Crippen LogP contribution in [0.2, 0.25) is 0 Å². The highest BCUT2D eigenvalue weighted by atomic mass is 19.1. The average molecular weight is 279 g/mol. The number of halogens is 3. The fourth-order valence-corrected chi connectivity index (χ4v) is 2.17. The zero-order valence-electron chi connectivity index (χ0n) is 11.3. The minimum Gasteiger partial charge on any atom is -0.304 e. The molecule has 4 heteroatoms. The maximum absolute atomic E-state index is 13.7. The Balaban J connectivity index is 2.10. The van der Waals surface area contributed by atoms with Crippen molar-refractivity contribution in [3.63, 3.8) is 0 Å². The summed E-state index contributed by atoms with van der Waals surface area (Å²) in [5.74, 6) is -1.46. The van der Waals surface area contributed by atoms with E-state index >= 15 is 0 Å². The van der Waals surface area contributed by atoms with Crippen molar-refractivity contribution in [2.45, 2.75) is 25.9 Å². The summed E-state index contributed by atoms with van der Waals surface area (Å²) in [5.41, 5.74) is 1.31. The Bertz CT molecular complexity index is 581. The second kappa shape index (κ2) is 6.09.